The third-order valence-electron chi connectivity index (χ3n) is 1.76. The normalized spacial score (nSPS) is 7.94. The van der Waals surface area contributed by atoms with Crippen LogP contribution >= 0.6 is 0 Å². The number of aliphatic carboxylic acids is 1. The predicted molar refractivity (Wildman–Crippen MR) is 73.1 cm³/mol. The number of carbonyl (C=O) groups is 1. The summed E-state index contributed by atoms with van der Waals surface area (Å²) in [7, 11) is 1.52. The molecule has 0 spiro atoms. The first kappa shape index (κ1) is 18.4. The fraction of sp³-hybridized carbons (Fsp3) is 0.357. The number of carboxylic acid groups (broad SMARTS) is 1. The number of phenolic OH excluding ortho intramolecular Hbond substituents is 1. The minimum absolute atomic E-state index is 0.181. The molecule has 0 amide bonds. The average molecular weight is 254 g/mol. The molecule has 18 heavy (non-hydrogen) atoms. The molecule has 1 aromatic rings. The molecular weight excluding hydrogens is 232 g/mol. The van der Waals surface area contributed by atoms with Gasteiger partial charge in [-0.15, -0.1) is 0 Å². The first-order valence-electron chi connectivity index (χ1n) is 5.70. The molecule has 1 rings (SSSR count). The van der Waals surface area contributed by atoms with Gasteiger partial charge in [0.2, 0.25) is 0 Å². The topological polar surface area (TPSA) is 66.8 Å². The second kappa shape index (κ2) is 13.1. The summed E-state index contributed by atoms with van der Waals surface area (Å²) in [5, 5.41) is 16.6. The lowest BCUT2D eigenvalue weighted by molar-refractivity contribution is -0.131. The van der Waals surface area contributed by atoms with Crippen molar-refractivity contribution >= 4 is 5.97 Å². The van der Waals surface area contributed by atoms with Crippen LogP contribution in [0.1, 0.15) is 26.7 Å². The van der Waals surface area contributed by atoms with Crippen LogP contribution in [0.25, 0.3) is 0 Å². The Kier molecular flexibility index (Phi) is 13.4. The van der Waals surface area contributed by atoms with Gasteiger partial charge in [0, 0.05) is 6.08 Å². The maximum absolute atomic E-state index is 9.25. The van der Waals surface area contributed by atoms with Crippen LogP contribution in [0.3, 0.4) is 0 Å². The second-order valence-corrected chi connectivity index (χ2v) is 3.21. The number of aromatic hydroxyl groups is 1. The highest BCUT2D eigenvalue weighted by Gasteiger charge is 1.94. The summed E-state index contributed by atoms with van der Waals surface area (Å²) in [6, 6.07) is 6.84. The van der Waals surface area contributed by atoms with Gasteiger partial charge in [-0.05, 0) is 12.1 Å². The number of benzene rings is 1. The van der Waals surface area contributed by atoms with E-state index in [9.17, 15) is 4.79 Å². The van der Waals surface area contributed by atoms with Gasteiger partial charge in [-0.25, -0.2) is 4.79 Å². The van der Waals surface area contributed by atoms with E-state index in [4.69, 9.17) is 14.9 Å². The van der Waals surface area contributed by atoms with Crippen LogP contribution in [0.5, 0.6) is 11.5 Å². The number of methoxy groups -OCH3 is 1. The number of hydrogen-bond acceptors (Lipinski definition) is 3. The zero-order chi connectivity index (χ0) is 14.4. The van der Waals surface area contributed by atoms with E-state index >= 15 is 0 Å². The Morgan fingerprint density at radius 2 is 1.78 bits per heavy atom. The molecule has 0 atom stereocenters. The SMILES string of the molecule is C=CC(=O)O.CCCC.COc1ccccc1O. The molecule has 0 aliphatic carbocycles. The highest BCUT2D eigenvalue weighted by atomic mass is 16.5. The minimum atomic E-state index is -0.981. The standard InChI is InChI=1S/C7H8O2.C4H10.C3H4O2/c1-9-7-5-3-2-4-6(7)8;1-3-4-2;1-2-3(4)5/h2-5,8H,1H3;3-4H2,1-2H3;2H,1H2,(H,4,5). The zero-order valence-corrected chi connectivity index (χ0v) is 11.2. The van der Waals surface area contributed by atoms with Gasteiger partial charge < -0.3 is 14.9 Å². The van der Waals surface area contributed by atoms with E-state index in [-0.39, 0.29) is 5.75 Å². The molecule has 102 valence electrons. The molecule has 0 fully saturated rings. The largest absolute Gasteiger partial charge is 0.504 e. The number of carboxylic acids is 1. The first-order chi connectivity index (χ1) is 8.53. The molecule has 0 aliphatic rings. The molecule has 2 N–H and O–H groups in total. The van der Waals surface area contributed by atoms with Crippen LogP contribution in [-0.2, 0) is 4.79 Å². The Bertz CT molecular complexity index is 332. The van der Waals surface area contributed by atoms with Crippen molar-refractivity contribution in [2.45, 2.75) is 26.7 Å². The third kappa shape index (κ3) is 12.1. The van der Waals surface area contributed by atoms with Crippen molar-refractivity contribution in [3.63, 3.8) is 0 Å². The Labute approximate surface area is 109 Å². The maximum atomic E-state index is 9.25. The Hall–Kier alpha value is -1.97. The van der Waals surface area contributed by atoms with Crippen LogP contribution in [0.2, 0.25) is 0 Å². The molecule has 0 heterocycles. The van der Waals surface area contributed by atoms with E-state index in [1.54, 1.807) is 24.3 Å². The number of hydrogen-bond donors (Lipinski definition) is 2. The van der Waals surface area contributed by atoms with Gasteiger partial charge in [0.25, 0.3) is 0 Å². The summed E-state index contributed by atoms with van der Waals surface area (Å²) in [5.41, 5.74) is 0. The fourth-order valence-electron chi connectivity index (χ4n) is 0.630. The van der Waals surface area contributed by atoms with Gasteiger partial charge in [0.1, 0.15) is 0 Å². The van der Waals surface area contributed by atoms with Crippen molar-refractivity contribution in [1.29, 1.82) is 0 Å². The molecule has 0 unspecified atom stereocenters. The molecule has 1 aromatic carbocycles. The van der Waals surface area contributed by atoms with E-state index < -0.39 is 5.97 Å². The van der Waals surface area contributed by atoms with Crippen LogP contribution in [-0.4, -0.2) is 23.3 Å². The Balaban J connectivity index is 0. The molecule has 0 aromatic heterocycles. The summed E-state index contributed by atoms with van der Waals surface area (Å²) in [6.07, 6.45) is 3.47. The number of unbranched alkanes of at least 4 members (excludes halogenated alkanes) is 1. The average Bonchev–Trinajstić information content (AvgIpc) is 2.40. The molecule has 4 heteroatoms. The lowest BCUT2D eigenvalue weighted by atomic mass is 10.3. The summed E-state index contributed by atoms with van der Waals surface area (Å²) < 4.78 is 4.79. The molecule has 0 saturated heterocycles. The summed E-state index contributed by atoms with van der Waals surface area (Å²) in [6.45, 7) is 7.32. The van der Waals surface area contributed by atoms with Crippen molar-refractivity contribution in [3.05, 3.63) is 36.9 Å². The third-order valence-corrected chi connectivity index (χ3v) is 1.76. The lowest BCUT2D eigenvalue weighted by Gasteiger charge is -1.99. The van der Waals surface area contributed by atoms with Crippen molar-refractivity contribution < 1.29 is 19.7 Å². The number of para-hydroxylation sites is 2. The van der Waals surface area contributed by atoms with Crippen molar-refractivity contribution in [2.24, 2.45) is 0 Å². The Morgan fingerprint density at radius 3 is 2.00 bits per heavy atom. The van der Waals surface area contributed by atoms with Crippen LogP contribution in [0.15, 0.2) is 36.9 Å². The van der Waals surface area contributed by atoms with Gasteiger partial charge in [0.15, 0.2) is 11.5 Å². The molecule has 0 aliphatic heterocycles. The lowest BCUT2D eigenvalue weighted by Crippen LogP contribution is -1.82. The predicted octanol–water partition coefficient (Wildman–Crippen LogP) is 3.46. The van der Waals surface area contributed by atoms with E-state index in [2.05, 4.69) is 20.4 Å². The fourth-order valence-corrected chi connectivity index (χ4v) is 0.630. The van der Waals surface area contributed by atoms with E-state index in [1.807, 2.05) is 0 Å². The van der Waals surface area contributed by atoms with E-state index in [0.717, 1.165) is 6.08 Å². The summed E-state index contributed by atoms with van der Waals surface area (Å²) >= 11 is 0. The van der Waals surface area contributed by atoms with Crippen molar-refractivity contribution in [3.8, 4) is 11.5 Å². The molecule has 0 radical (unpaired) electrons. The second-order valence-electron chi connectivity index (χ2n) is 3.21. The first-order valence-corrected chi connectivity index (χ1v) is 5.70. The van der Waals surface area contributed by atoms with Crippen LogP contribution in [0, 0.1) is 0 Å². The Morgan fingerprint density at radius 1 is 1.33 bits per heavy atom. The molecule has 0 saturated carbocycles. The molecular formula is C14H22O4. The smallest absolute Gasteiger partial charge is 0.327 e. The summed E-state index contributed by atoms with van der Waals surface area (Å²) in [4.78, 5) is 9.25. The number of rotatable bonds is 3. The van der Waals surface area contributed by atoms with Crippen LogP contribution in [0.4, 0.5) is 0 Å². The molecule has 4 nitrogen and oxygen atoms in total. The van der Waals surface area contributed by atoms with E-state index in [0.29, 0.717) is 5.75 Å². The van der Waals surface area contributed by atoms with Gasteiger partial charge in [0.05, 0.1) is 7.11 Å². The monoisotopic (exact) mass is 254 g/mol. The van der Waals surface area contributed by atoms with Gasteiger partial charge in [-0.1, -0.05) is 45.4 Å². The minimum Gasteiger partial charge on any atom is -0.504 e. The quantitative estimate of drug-likeness (QED) is 0.810. The molecule has 0 bridgehead atoms. The number of phenols is 1. The maximum Gasteiger partial charge on any atom is 0.327 e. The van der Waals surface area contributed by atoms with Crippen molar-refractivity contribution in [2.75, 3.05) is 7.11 Å². The zero-order valence-electron chi connectivity index (χ0n) is 11.2. The highest BCUT2D eigenvalue weighted by Crippen LogP contribution is 2.22. The van der Waals surface area contributed by atoms with Gasteiger partial charge in [-0.3, -0.25) is 0 Å². The summed E-state index contributed by atoms with van der Waals surface area (Å²) in [5.74, 6) is -0.289. The van der Waals surface area contributed by atoms with Gasteiger partial charge >= 0.3 is 5.97 Å². The van der Waals surface area contributed by atoms with E-state index in [1.165, 1.54) is 20.0 Å². The number of ether oxygens (including phenoxy) is 1. The van der Waals surface area contributed by atoms with Crippen molar-refractivity contribution in [1.82, 2.24) is 0 Å². The van der Waals surface area contributed by atoms with Crippen LogP contribution < -0.4 is 4.74 Å². The van der Waals surface area contributed by atoms with Gasteiger partial charge in [-0.2, -0.15) is 0 Å². The highest BCUT2D eigenvalue weighted by molar-refractivity contribution is 5.78.